The average molecular weight is 493 g/mol. The Kier molecular flexibility index (Phi) is 6.23. The zero-order valence-corrected chi connectivity index (χ0v) is 21.3. The SMILES string of the molecule is COc1nc(-c2ccc(NC3CC4CCC(C3)N4C(=O)OC(C)(C)C)nn2)ccc1-c1cnn(C)n1. The van der Waals surface area contributed by atoms with E-state index >= 15 is 0 Å². The molecule has 2 aliphatic heterocycles. The Morgan fingerprint density at radius 3 is 2.33 bits per heavy atom. The van der Waals surface area contributed by atoms with E-state index < -0.39 is 5.60 Å². The minimum atomic E-state index is -0.488. The van der Waals surface area contributed by atoms with Crippen molar-refractivity contribution < 1.29 is 14.3 Å². The molecule has 11 heteroatoms. The maximum atomic E-state index is 12.7. The number of carbonyl (C=O) groups is 1. The Balaban J connectivity index is 1.25. The van der Waals surface area contributed by atoms with Gasteiger partial charge in [-0.2, -0.15) is 15.0 Å². The number of pyridine rings is 1. The summed E-state index contributed by atoms with van der Waals surface area (Å²) in [6.07, 6.45) is 5.20. The molecule has 0 aliphatic carbocycles. The molecular formula is C25H32N8O3. The van der Waals surface area contributed by atoms with Crippen LogP contribution >= 0.6 is 0 Å². The van der Waals surface area contributed by atoms with Crippen molar-refractivity contribution in [2.75, 3.05) is 12.4 Å². The average Bonchev–Trinajstić information content (AvgIpc) is 3.38. The number of rotatable bonds is 5. The summed E-state index contributed by atoms with van der Waals surface area (Å²) in [4.78, 5) is 20.7. The molecule has 11 nitrogen and oxygen atoms in total. The van der Waals surface area contributed by atoms with Gasteiger partial charge in [0.05, 0.1) is 24.6 Å². The van der Waals surface area contributed by atoms with Gasteiger partial charge in [0.2, 0.25) is 5.88 Å². The Morgan fingerprint density at radius 2 is 1.75 bits per heavy atom. The summed E-state index contributed by atoms with van der Waals surface area (Å²) in [5.74, 6) is 1.15. The minimum Gasteiger partial charge on any atom is -0.480 e. The van der Waals surface area contributed by atoms with Crippen molar-refractivity contribution in [2.45, 2.75) is 70.2 Å². The molecule has 2 unspecified atom stereocenters. The van der Waals surface area contributed by atoms with E-state index in [-0.39, 0.29) is 24.2 Å². The number of aryl methyl sites for hydroxylation is 1. The van der Waals surface area contributed by atoms with E-state index in [9.17, 15) is 4.79 Å². The van der Waals surface area contributed by atoms with Crippen LogP contribution in [-0.2, 0) is 11.8 Å². The molecule has 0 spiro atoms. The lowest BCUT2D eigenvalue weighted by Crippen LogP contribution is -2.51. The number of hydrogen-bond donors (Lipinski definition) is 1. The molecule has 2 atom stereocenters. The second-order valence-corrected chi connectivity index (χ2v) is 10.4. The van der Waals surface area contributed by atoms with E-state index in [4.69, 9.17) is 9.47 Å². The number of methoxy groups -OCH3 is 1. The van der Waals surface area contributed by atoms with Crippen molar-refractivity contribution in [1.82, 2.24) is 35.1 Å². The van der Waals surface area contributed by atoms with Crippen LogP contribution in [0, 0.1) is 0 Å². The number of aromatic nitrogens is 6. The monoisotopic (exact) mass is 492 g/mol. The van der Waals surface area contributed by atoms with Crippen molar-refractivity contribution >= 4 is 11.9 Å². The summed E-state index contributed by atoms with van der Waals surface area (Å²) < 4.78 is 11.1. The van der Waals surface area contributed by atoms with Crippen molar-refractivity contribution in [1.29, 1.82) is 0 Å². The van der Waals surface area contributed by atoms with Crippen LogP contribution in [0.25, 0.3) is 22.6 Å². The van der Waals surface area contributed by atoms with Crippen molar-refractivity contribution in [2.24, 2.45) is 7.05 Å². The summed E-state index contributed by atoms with van der Waals surface area (Å²) in [5.41, 5.74) is 2.25. The topological polar surface area (TPSA) is 120 Å². The molecule has 5 rings (SSSR count). The van der Waals surface area contributed by atoms with Crippen LogP contribution in [-0.4, -0.2) is 72.0 Å². The Hall–Kier alpha value is -3.76. The fourth-order valence-corrected chi connectivity index (χ4v) is 5.07. The molecular weight excluding hydrogens is 460 g/mol. The van der Waals surface area contributed by atoms with Gasteiger partial charge in [-0.3, -0.25) is 0 Å². The molecule has 2 saturated heterocycles. The van der Waals surface area contributed by atoms with Crippen LogP contribution in [0.1, 0.15) is 46.5 Å². The lowest BCUT2D eigenvalue weighted by Gasteiger charge is -2.39. The second kappa shape index (κ2) is 9.36. The maximum absolute atomic E-state index is 12.7. The van der Waals surface area contributed by atoms with Crippen LogP contribution in [0.15, 0.2) is 30.5 Å². The van der Waals surface area contributed by atoms with E-state index in [1.54, 1.807) is 20.4 Å². The van der Waals surface area contributed by atoms with Crippen LogP contribution < -0.4 is 10.1 Å². The largest absolute Gasteiger partial charge is 0.480 e. The highest BCUT2D eigenvalue weighted by Crippen LogP contribution is 2.38. The molecule has 190 valence electrons. The summed E-state index contributed by atoms with van der Waals surface area (Å²) in [5, 5.41) is 20.7. The number of anilines is 1. The van der Waals surface area contributed by atoms with Gasteiger partial charge in [0, 0.05) is 25.2 Å². The highest BCUT2D eigenvalue weighted by atomic mass is 16.6. The van der Waals surface area contributed by atoms with Gasteiger partial charge in [0.25, 0.3) is 0 Å². The lowest BCUT2D eigenvalue weighted by atomic mass is 9.97. The van der Waals surface area contributed by atoms with E-state index in [0.29, 0.717) is 28.8 Å². The van der Waals surface area contributed by atoms with Crippen molar-refractivity contribution in [3.8, 4) is 28.5 Å². The van der Waals surface area contributed by atoms with Gasteiger partial charge in [-0.1, -0.05) is 0 Å². The number of nitrogens with zero attached hydrogens (tertiary/aromatic N) is 7. The highest BCUT2D eigenvalue weighted by Gasteiger charge is 2.44. The van der Waals surface area contributed by atoms with Crippen LogP contribution in [0.2, 0.25) is 0 Å². The van der Waals surface area contributed by atoms with Crippen LogP contribution in [0.5, 0.6) is 5.88 Å². The quantitative estimate of drug-likeness (QED) is 0.568. The number of carbonyl (C=O) groups excluding carboxylic acids is 1. The van der Waals surface area contributed by atoms with E-state index in [2.05, 4.69) is 30.7 Å². The van der Waals surface area contributed by atoms with Gasteiger partial charge >= 0.3 is 6.09 Å². The van der Waals surface area contributed by atoms with Crippen molar-refractivity contribution in [3.05, 3.63) is 30.5 Å². The van der Waals surface area contributed by atoms with E-state index in [1.807, 2.05) is 49.9 Å². The first-order valence-electron chi connectivity index (χ1n) is 12.2. The molecule has 2 bridgehead atoms. The summed E-state index contributed by atoms with van der Waals surface area (Å²) >= 11 is 0. The molecule has 3 aromatic heterocycles. The van der Waals surface area contributed by atoms with E-state index in [0.717, 1.165) is 31.2 Å². The zero-order chi connectivity index (χ0) is 25.4. The maximum Gasteiger partial charge on any atom is 0.410 e. The molecule has 3 aromatic rings. The van der Waals surface area contributed by atoms with Gasteiger partial charge in [0.15, 0.2) is 0 Å². The fraction of sp³-hybridized carbons (Fsp3) is 0.520. The van der Waals surface area contributed by atoms with Crippen LogP contribution in [0.4, 0.5) is 10.6 Å². The molecule has 0 aromatic carbocycles. The first kappa shape index (κ1) is 24.0. The molecule has 0 saturated carbocycles. The van der Waals surface area contributed by atoms with Crippen molar-refractivity contribution in [3.63, 3.8) is 0 Å². The Bertz CT molecular complexity index is 1220. The molecule has 1 amide bonds. The smallest absolute Gasteiger partial charge is 0.410 e. The number of fused-ring (bicyclic) bond motifs is 2. The number of piperidine rings is 1. The summed E-state index contributed by atoms with van der Waals surface area (Å²) in [6.45, 7) is 5.71. The predicted octanol–water partition coefficient (Wildman–Crippen LogP) is 3.69. The first-order valence-corrected chi connectivity index (χ1v) is 12.2. The molecule has 36 heavy (non-hydrogen) atoms. The molecule has 1 N–H and O–H groups in total. The molecule has 0 radical (unpaired) electrons. The molecule has 2 aliphatic rings. The molecule has 2 fully saturated rings. The van der Waals surface area contributed by atoms with Gasteiger partial charge in [-0.25, -0.2) is 9.78 Å². The molecule has 5 heterocycles. The Labute approximate surface area is 210 Å². The Morgan fingerprint density at radius 1 is 1.03 bits per heavy atom. The number of amides is 1. The highest BCUT2D eigenvalue weighted by molar-refractivity contribution is 5.70. The van der Waals surface area contributed by atoms with Gasteiger partial charge < -0.3 is 19.7 Å². The first-order chi connectivity index (χ1) is 17.2. The third kappa shape index (κ3) is 4.95. The third-order valence-corrected chi connectivity index (χ3v) is 6.55. The summed E-state index contributed by atoms with van der Waals surface area (Å²) in [6, 6.07) is 8.17. The number of nitrogens with one attached hydrogen (secondary N) is 1. The standard InChI is InChI=1S/C25H32N8O3/c1-25(2,3)36-24(34)33-16-6-7-17(33)13-15(12-16)27-22-11-10-20(29-30-22)19-9-8-18(23(28-19)35-5)21-14-26-32(4)31-21/h8-11,14-17H,6-7,12-13H2,1-5H3,(H,27,30). The van der Waals surface area contributed by atoms with Gasteiger partial charge in [-0.05, 0) is 70.7 Å². The zero-order valence-electron chi connectivity index (χ0n) is 21.3. The van der Waals surface area contributed by atoms with Gasteiger partial charge in [-0.15, -0.1) is 10.2 Å². The second-order valence-electron chi connectivity index (χ2n) is 10.4. The number of ether oxygens (including phenoxy) is 2. The third-order valence-electron chi connectivity index (χ3n) is 6.55. The fourth-order valence-electron chi connectivity index (χ4n) is 5.07. The normalized spacial score (nSPS) is 21.4. The van der Waals surface area contributed by atoms with Crippen LogP contribution in [0.3, 0.4) is 0 Å². The predicted molar refractivity (Wildman–Crippen MR) is 133 cm³/mol. The summed E-state index contributed by atoms with van der Waals surface area (Å²) in [7, 11) is 3.34. The van der Waals surface area contributed by atoms with E-state index in [1.165, 1.54) is 4.80 Å². The van der Waals surface area contributed by atoms with Gasteiger partial charge in [0.1, 0.15) is 22.8 Å². The lowest BCUT2D eigenvalue weighted by molar-refractivity contribution is 0.00682. The minimum absolute atomic E-state index is 0.188. The number of hydrogen-bond acceptors (Lipinski definition) is 9.